The summed E-state index contributed by atoms with van der Waals surface area (Å²) < 4.78 is 31.9. The third-order valence-corrected chi connectivity index (χ3v) is 6.01. The first-order chi connectivity index (χ1) is 11.4. The lowest BCUT2D eigenvalue weighted by Crippen LogP contribution is -2.36. The van der Waals surface area contributed by atoms with E-state index in [0.29, 0.717) is 18.7 Å². The van der Waals surface area contributed by atoms with Crippen LogP contribution in [0.2, 0.25) is 0 Å². The van der Waals surface area contributed by atoms with Crippen molar-refractivity contribution in [1.82, 2.24) is 9.62 Å². The van der Waals surface area contributed by atoms with E-state index in [4.69, 9.17) is 4.74 Å². The smallest absolute Gasteiger partial charge is 0.338 e. The highest BCUT2D eigenvalue weighted by atomic mass is 32.2. The second-order valence-electron chi connectivity index (χ2n) is 5.69. The Kier molecular flexibility index (Phi) is 5.95. The molecule has 1 amide bonds. The van der Waals surface area contributed by atoms with Crippen molar-refractivity contribution < 1.29 is 22.7 Å². The molecular weight excluding hydrogens is 332 g/mol. The molecule has 1 aliphatic rings. The van der Waals surface area contributed by atoms with Gasteiger partial charge in [-0.1, -0.05) is 12.5 Å². The number of piperidine rings is 1. The number of ether oxygens (including phenoxy) is 1. The number of amides is 1. The Morgan fingerprint density at radius 3 is 2.50 bits per heavy atom. The fourth-order valence-electron chi connectivity index (χ4n) is 2.54. The molecule has 8 heteroatoms. The Morgan fingerprint density at radius 1 is 1.21 bits per heavy atom. The number of hydrogen-bond donors (Lipinski definition) is 1. The highest BCUT2D eigenvalue weighted by molar-refractivity contribution is 7.89. The van der Waals surface area contributed by atoms with Gasteiger partial charge in [-0.2, -0.15) is 4.31 Å². The van der Waals surface area contributed by atoms with E-state index < -0.39 is 28.5 Å². The zero-order valence-corrected chi connectivity index (χ0v) is 14.7. The van der Waals surface area contributed by atoms with Crippen molar-refractivity contribution in [3.05, 3.63) is 29.3 Å². The van der Waals surface area contributed by atoms with E-state index in [1.807, 2.05) is 0 Å². The molecule has 0 radical (unpaired) electrons. The van der Waals surface area contributed by atoms with E-state index in [9.17, 15) is 18.0 Å². The predicted molar refractivity (Wildman–Crippen MR) is 88.1 cm³/mol. The second kappa shape index (κ2) is 7.76. The number of hydrogen-bond acceptors (Lipinski definition) is 5. The van der Waals surface area contributed by atoms with Crippen molar-refractivity contribution in [2.45, 2.75) is 31.1 Å². The summed E-state index contributed by atoms with van der Waals surface area (Å²) in [6.07, 6.45) is 2.70. The van der Waals surface area contributed by atoms with Crippen LogP contribution in [0.3, 0.4) is 0 Å². The summed E-state index contributed by atoms with van der Waals surface area (Å²) in [5.74, 6) is -1.16. The average Bonchev–Trinajstić information content (AvgIpc) is 2.60. The van der Waals surface area contributed by atoms with Gasteiger partial charge < -0.3 is 10.1 Å². The van der Waals surface area contributed by atoms with Crippen LogP contribution >= 0.6 is 0 Å². The first-order valence-electron chi connectivity index (χ1n) is 7.85. The minimum absolute atomic E-state index is 0.110. The molecule has 0 aliphatic carbocycles. The quantitative estimate of drug-likeness (QED) is 0.799. The molecule has 132 valence electrons. The molecule has 1 aromatic carbocycles. The summed E-state index contributed by atoms with van der Waals surface area (Å²) in [6.45, 7) is 2.27. The van der Waals surface area contributed by atoms with E-state index in [0.717, 1.165) is 19.3 Å². The van der Waals surface area contributed by atoms with Crippen LogP contribution in [0.15, 0.2) is 23.1 Å². The molecule has 24 heavy (non-hydrogen) atoms. The van der Waals surface area contributed by atoms with Crippen molar-refractivity contribution >= 4 is 21.9 Å². The standard InChI is InChI=1S/C16H22N2O5S/c1-12-6-7-13(16(20)23-11-15(19)17-2)10-14(12)24(21,22)18-8-4-3-5-9-18/h6-7,10H,3-5,8-9,11H2,1-2H3,(H,17,19). The van der Waals surface area contributed by atoms with Gasteiger partial charge in [0.15, 0.2) is 6.61 Å². The molecular formula is C16H22N2O5S. The third kappa shape index (κ3) is 4.12. The largest absolute Gasteiger partial charge is 0.452 e. The number of nitrogens with one attached hydrogen (secondary N) is 1. The van der Waals surface area contributed by atoms with Gasteiger partial charge in [0.05, 0.1) is 10.5 Å². The van der Waals surface area contributed by atoms with E-state index >= 15 is 0 Å². The number of aryl methyl sites for hydroxylation is 1. The highest BCUT2D eigenvalue weighted by Crippen LogP contribution is 2.24. The van der Waals surface area contributed by atoms with Crippen LogP contribution in [0.25, 0.3) is 0 Å². The summed E-state index contributed by atoms with van der Waals surface area (Å²) in [5, 5.41) is 2.34. The zero-order valence-electron chi connectivity index (χ0n) is 13.9. The number of likely N-dealkylation sites (N-methyl/N-ethyl adjacent to an activating group) is 1. The summed E-state index contributed by atoms with van der Waals surface area (Å²) in [7, 11) is -2.20. The van der Waals surface area contributed by atoms with Crippen molar-refractivity contribution in [1.29, 1.82) is 0 Å². The fourth-order valence-corrected chi connectivity index (χ4v) is 4.30. The second-order valence-corrected chi connectivity index (χ2v) is 7.60. The summed E-state index contributed by atoms with van der Waals surface area (Å²) in [4.78, 5) is 23.3. The molecule has 0 unspecified atom stereocenters. The van der Waals surface area contributed by atoms with Crippen LogP contribution < -0.4 is 5.32 Å². The molecule has 1 N–H and O–H groups in total. The maximum Gasteiger partial charge on any atom is 0.338 e. The molecule has 1 fully saturated rings. The fraction of sp³-hybridized carbons (Fsp3) is 0.500. The topological polar surface area (TPSA) is 92.8 Å². The van der Waals surface area contributed by atoms with Gasteiger partial charge in [-0.15, -0.1) is 0 Å². The van der Waals surface area contributed by atoms with Crippen molar-refractivity contribution in [3.63, 3.8) is 0 Å². The molecule has 1 aromatic rings. The molecule has 7 nitrogen and oxygen atoms in total. The molecule has 0 bridgehead atoms. The first kappa shape index (κ1) is 18.4. The van der Waals surface area contributed by atoms with Crippen LogP contribution in [0.4, 0.5) is 0 Å². The van der Waals surface area contributed by atoms with Crippen LogP contribution in [-0.4, -0.2) is 51.3 Å². The Labute approximate surface area is 142 Å². The Bertz CT molecular complexity index is 724. The SMILES string of the molecule is CNC(=O)COC(=O)c1ccc(C)c(S(=O)(=O)N2CCCCC2)c1. The van der Waals surface area contributed by atoms with Crippen LogP contribution in [-0.2, 0) is 19.6 Å². The van der Waals surface area contributed by atoms with E-state index in [-0.39, 0.29) is 10.5 Å². The van der Waals surface area contributed by atoms with Crippen molar-refractivity contribution in [3.8, 4) is 0 Å². The molecule has 2 rings (SSSR count). The Hall–Kier alpha value is -1.93. The monoisotopic (exact) mass is 354 g/mol. The minimum atomic E-state index is -3.64. The van der Waals surface area contributed by atoms with Gasteiger partial charge in [-0.05, 0) is 37.5 Å². The summed E-state index contributed by atoms with van der Waals surface area (Å²) in [5.41, 5.74) is 0.684. The predicted octanol–water partition coefficient (Wildman–Crippen LogP) is 1.07. The van der Waals surface area contributed by atoms with Gasteiger partial charge in [0.25, 0.3) is 5.91 Å². The average molecular weight is 354 g/mol. The molecule has 1 aliphatic heterocycles. The number of carbonyl (C=O) groups excluding carboxylic acids is 2. The number of rotatable bonds is 5. The normalized spacial score (nSPS) is 15.8. The number of nitrogens with zero attached hydrogens (tertiary/aromatic N) is 1. The van der Waals surface area contributed by atoms with Gasteiger partial charge in [-0.3, -0.25) is 4.79 Å². The maximum absolute atomic E-state index is 12.8. The Balaban J connectivity index is 2.24. The van der Waals surface area contributed by atoms with Gasteiger partial charge in [0, 0.05) is 20.1 Å². The lowest BCUT2D eigenvalue weighted by Gasteiger charge is -2.26. The van der Waals surface area contributed by atoms with Crippen LogP contribution in [0, 0.1) is 6.92 Å². The summed E-state index contributed by atoms with van der Waals surface area (Å²) in [6, 6.07) is 4.40. The Morgan fingerprint density at radius 2 is 1.88 bits per heavy atom. The molecule has 0 saturated carbocycles. The number of benzene rings is 1. The molecule has 1 saturated heterocycles. The lowest BCUT2D eigenvalue weighted by molar-refractivity contribution is -0.123. The maximum atomic E-state index is 12.8. The lowest BCUT2D eigenvalue weighted by atomic mass is 10.1. The molecule has 0 spiro atoms. The number of sulfonamides is 1. The van der Waals surface area contributed by atoms with E-state index in [1.165, 1.54) is 23.5 Å². The third-order valence-electron chi connectivity index (χ3n) is 3.97. The van der Waals surface area contributed by atoms with E-state index in [1.54, 1.807) is 13.0 Å². The number of esters is 1. The van der Waals surface area contributed by atoms with Gasteiger partial charge in [0.1, 0.15) is 0 Å². The first-order valence-corrected chi connectivity index (χ1v) is 9.29. The van der Waals surface area contributed by atoms with Crippen molar-refractivity contribution in [2.75, 3.05) is 26.7 Å². The van der Waals surface area contributed by atoms with Gasteiger partial charge in [0.2, 0.25) is 10.0 Å². The summed E-state index contributed by atoms with van der Waals surface area (Å²) >= 11 is 0. The van der Waals surface area contributed by atoms with Crippen LogP contribution in [0.1, 0.15) is 35.2 Å². The van der Waals surface area contributed by atoms with Crippen LogP contribution in [0.5, 0.6) is 0 Å². The van der Waals surface area contributed by atoms with Crippen molar-refractivity contribution in [2.24, 2.45) is 0 Å². The molecule has 0 aromatic heterocycles. The van der Waals surface area contributed by atoms with Gasteiger partial charge in [-0.25, -0.2) is 13.2 Å². The number of carbonyl (C=O) groups is 2. The zero-order chi connectivity index (χ0) is 17.7. The van der Waals surface area contributed by atoms with E-state index in [2.05, 4.69) is 5.32 Å². The molecule has 1 heterocycles. The highest BCUT2D eigenvalue weighted by Gasteiger charge is 2.28. The van der Waals surface area contributed by atoms with Gasteiger partial charge >= 0.3 is 5.97 Å². The molecule has 0 atom stereocenters. The minimum Gasteiger partial charge on any atom is -0.452 e.